The molecule has 1 aromatic carbocycles. The first kappa shape index (κ1) is 17.6. The molecule has 2 rings (SSSR count). The van der Waals surface area contributed by atoms with E-state index in [1.54, 1.807) is 26.4 Å². The van der Waals surface area contributed by atoms with Gasteiger partial charge in [0.2, 0.25) is 0 Å². The van der Waals surface area contributed by atoms with E-state index in [9.17, 15) is 4.79 Å². The number of rotatable bonds is 7. The fourth-order valence-corrected chi connectivity index (χ4v) is 2.35. The van der Waals surface area contributed by atoms with E-state index in [4.69, 9.17) is 14.2 Å². The minimum Gasteiger partial charge on any atom is -0.497 e. The molecule has 0 amide bonds. The van der Waals surface area contributed by atoms with E-state index >= 15 is 0 Å². The smallest absolute Gasteiger partial charge is 0.339 e. The van der Waals surface area contributed by atoms with Gasteiger partial charge in [-0.05, 0) is 30.7 Å². The number of pyridine rings is 1. The molecule has 2 aromatic rings. The lowest BCUT2D eigenvalue weighted by atomic mass is 10.1. The van der Waals surface area contributed by atoms with Crippen LogP contribution >= 0.6 is 0 Å². The lowest BCUT2D eigenvalue weighted by Gasteiger charge is -2.13. The highest BCUT2D eigenvalue weighted by molar-refractivity contribution is 5.90. The Bertz CT molecular complexity index is 716. The summed E-state index contributed by atoms with van der Waals surface area (Å²) < 4.78 is 15.4. The standard InChI is InChI=1S/C18H22N2O4/c1-5-15-14(18(21)24-4)8-9-17(20-15)19-11-12-6-7-13(22-2)10-16(12)23-3/h6-10H,5,11H2,1-4H3,(H,19,20). The number of benzene rings is 1. The molecule has 0 aliphatic heterocycles. The molecule has 6 nitrogen and oxygen atoms in total. The summed E-state index contributed by atoms with van der Waals surface area (Å²) in [5.74, 6) is 1.80. The molecular formula is C18H22N2O4. The maximum absolute atomic E-state index is 11.7. The van der Waals surface area contributed by atoms with Gasteiger partial charge in [-0.25, -0.2) is 9.78 Å². The summed E-state index contributed by atoms with van der Waals surface area (Å²) in [6.45, 7) is 2.49. The first-order chi connectivity index (χ1) is 11.6. The third-order valence-electron chi connectivity index (χ3n) is 3.67. The number of aryl methyl sites for hydroxylation is 1. The molecule has 1 aromatic heterocycles. The van der Waals surface area contributed by atoms with E-state index in [1.165, 1.54) is 7.11 Å². The van der Waals surface area contributed by atoms with Crippen molar-refractivity contribution < 1.29 is 19.0 Å². The third-order valence-corrected chi connectivity index (χ3v) is 3.67. The summed E-state index contributed by atoms with van der Waals surface area (Å²) in [7, 11) is 4.60. The zero-order valence-electron chi connectivity index (χ0n) is 14.4. The second-order valence-electron chi connectivity index (χ2n) is 5.07. The number of ether oxygens (including phenoxy) is 3. The fraction of sp³-hybridized carbons (Fsp3) is 0.333. The Morgan fingerprint density at radius 1 is 1.12 bits per heavy atom. The molecule has 0 bridgehead atoms. The topological polar surface area (TPSA) is 69.7 Å². The number of nitrogens with zero attached hydrogens (tertiary/aromatic N) is 1. The number of carbonyl (C=O) groups excluding carboxylic acids is 1. The minimum atomic E-state index is -0.372. The van der Waals surface area contributed by atoms with Crippen LogP contribution in [0.4, 0.5) is 5.82 Å². The largest absolute Gasteiger partial charge is 0.497 e. The molecule has 0 aliphatic carbocycles. The third kappa shape index (κ3) is 3.95. The molecule has 6 heteroatoms. The predicted molar refractivity (Wildman–Crippen MR) is 91.8 cm³/mol. The Hall–Kier alpha value is -2.76. The van der Waals surface area contributed by atoms with Crippen LogP contribution in [0.3, 0.4) is 0 Å². The van der Waals surface area contributed by atoms with E-state index in [1.807, 2.05) is 25.1 Å². The first-order valence-corrected chi connectivity index (χ1v) is 7.65. The van der Waals surface area contributed by atoms with E-state index in [-0.39, 0.29) is 5.97 Å². The molecule has 24 heavy (non-hydrogen) atoms. The van der Waals surface area contributed by atoms with Crippen LogP contribution in [-0.4, -0.2) is 32.3 Å². The number of hydrogen-bond donors (Lipinski definition) is 1. The maximum Gasteiger partial charge on any atom is 0.339 e. The molecule has 0 aliphatic rings. The molecule has 0 radical (unpaired) electrons. The van der Waals surface area contributed by atoms with E-state index in [0.29, 0.717) is 30.0 Å². The van der Waals surface area contributed by atoms with Crippen LogP contribution in [0.2, 0.25) is 0 Å². The van der Waals surface area contributed by atoms with Crippen molar-refractivity contribution >= 4 is 11.8 Å². The average molecular weight is 330 g/mol. The molecule has 0 spiro atoms. The molecule has 0 unspecified atom stereocenters. The quantitative estimate of drug-likeness (QED) is 0.787. The Kier molecular flexibility index (Phi) is 6.01. The number of carbonyl (C=O) groups is 1. The van der Waals surface area contributed by atoms with Crippen molar-refractivity contribution in [2.75, 3.05) is 26.6 Å². The van der Waals surface area contributed by atoms with Crippen molar-refractivity contribution in [1.82, 2.24) is 4.98 Å². The maximum atomic E-state index is 11.7. The van der Waals surface area contributed by atoms with Crippen molar-refractivity contribution in [3.63, 3.8) is 0 Å². The number of methoxy groups -OCH3 is 3. The normalized spacial score (nSPS) is 10.2. The predicted octanol–water partition coefficient (Wildman–Crippen LogP) is 3.06. The van der Waals surface area contributed by atoms with Crippen molar-refractivity contribution in [2.45, 2.75) is 19.9 Å². The van der Waals surface area contributed by atoms with Crippen molar-refractivity contribution in [1.29, 1.82) is 0 Å². The number of anilines is 1. The summed E-state index contributed by atoms with van der Waals surface area (Å²) in [6, 6.07) is 9.15. The number of aromatic nitrogens is 1. The Balaban J connectivity index is 2.16. The van der Waals surface area contributed by atoms with Crippen molar-refractivity contribution in [3.05, 3.63) is 47.2 Å². The fourth-order valence-electron chi connectivity index (χ4n) is 2.35. The average Bonchev–Trinajstić information content (AvgIpc) is 2.65. The molecule has 0 fully saturated rings. The van der Waals surface area contributed by atoms with E-state index < -0.39 is 0 Å². The van der Waals surface area contributed by atoms with Gasteiger partial charge in [0.05, 0.1) is 32.6 Å². The SMILES string of the molecule is CCc1nc(NCc2ccc(OC)cc2OC)ccc1C(=O)OC. The number of hydrogen-bond acceptors (Lipinski definition) is 6. The summed E-state index contributed by atoms with van der Waals surface area (Å²) in [5, 5.41) is 3.25. The van der Waals surface area contributed by atoms with E-state index in [2.05, 4.69) is 10.3 Å². The monoisotopic (exact) mass is 330 g/mol. The van der Waals surface area contributed by atoms with Gasteiger partial charge in [0.15, 0.2) is 0 Å². The second-order valence-corrected chi connectivity index (χ2v) is 5.07. The van der Waals surface area contributed by atoms with E-state index in [0.717, 1.165) is 17.1 Å². The van der Waals surface area contributed by atoms with Gasteiger partial charge in [0, 0.05) is 18.2 Å². The van der Waals surface area contributed by atoms with Gasteiger partial charge in [0.1, 0.15) is 17.3 Å². The lowest BCUT2D eigenvalue weighted by Crippen LogP contribution is -2.10. The second kappa shape index (κ2) is 8.19. The molecule has 0 atom stereocenters. The molecule has 0 saturated carbocycles. The molecular weight excluding hydrogens is 308 g/mol. The highest BCUT2D eigenvalue weighted by Crippen LogP contribution is 2.25. The van der Waals surface area contributed by atoms with Gasteiger partial charge < -0.3 is 19.5 Å². The van der Waals surface area contributed by atoms with Gasteiger partial charge in [0.25, 0.3) is 0 Å². The van der Waals surface area contributed by atoms with Gasteiger partial charge in [-0.15, -0.1) is 0 Å². The molecule has 1 heterocycles. The first-order valence-electron chi connectivity index (χ1n) is 7.65. The number of esters is 1. The zero-order valence-corrected chi connectivity index (χ0v) is 14.4. The summed E-state index contributed by atoms with van der Waals surface area (Å²) in [5.41, 5.74) is 2.18. The van der Waals surface area contributed by atoms with Gasteiger partial charge in [-0.1, -0.05) is 6.92 Å². The van der Waals surface area contributed by atoms with Crippen LogP contribution in [0.1, 0.15) is 28.5 Å². The summed E-state index contributed by atoms with van der Waals surface area (Å²) >= 11 is 0. The Morgan fingerprint density at radius 3 is 2.54 bits per heavy atom. The van der Waals surface area contributed by atoms with Crippen LogP contribution in [0.5, 0.6) is 11.5 Å². The van der Waals surface area contributed by atoms with Gasteiger partial charge >= 0.3 is 5.97 Å². The minimum absolute atomic E-state index is 0.372. The van der Waals surface area contributed by atoms with Crippen LogP contribution in [0.25, 0.3) is 0 Å². The van der Waals surface area contributed by atoms with Crippen molar-refractivity contribution in [3.8, 4) is 11.5 Å². The zero-order chi connectivity index (χ0) is 17.5. The molecule has 1 N–H and O–H groups in total. The highest BCUT2D eigenvalue weighted by Gasteiger charge is 2.13. The van der Waals surface area contributed by atoms with Crippen LogP contribution in [-0.2, 0) is 17.7 Å². The number of nitrogens with one attached hydrogen (secondary N) is 1. The lowest BCUT2D eigenvalue weighted by molar-refractivity contribution is 0.0599. The van der Waals surface area contributed by atoms with Gasteiger partial charge in [-0.3, -0.25) is 0 Å². The Labute approximate surface area is 141 Å². The molecule has 0 saturated heterocycles. The van der Waals surface area contributed by atoms with Crippen LogP contribution < -0.4 is 14.8 Å². The van der Waals surface area contributed by atoms with Crippen LogP contribution in [0, 0.1) is 0 Å². The summed E-state index contributed by atoms with van der Waals surface area (Å²) in [6.07, 6.45) is 0.645. The van der Waals surface area contributed by atoms with Crippen molar-refractivity contribution in [2.24, 2.45) is 0 Å². The molecule has 128 valence electrons. The highest BCUT2D eigenvalue weighted by atomic mass is 16.5. The van der Waals surface area contributed by atoms with Crippen LogP contribution in [0.15, 0.2) is 30.3 Å². The Morgan fingerprint density at radius 2 is 1.92 bits per heavy atom. The summed E-state index contributed by atoms with van der Waals surface area (Å²) in [4.78, 5) is 16.2. The van der Waals surface area contributed by atoms with Gasteiger partial charge in [-0.2, -0.15) is 0 Å².